The van der Waals surface area contributed by atoms with Crippen molar-refractivity contribution >= 4 is 5.91 Å². The molecule has 0 heterocycles. The minimum absolute atomic E-state index is 0.184. The number of amides is 1. The van der Waals surface area contributed by atoms with Crippen molar-refractivity contribution < 1.29 is 4.79 Å². The summed E-state index contributed by atoms with van der Waals surface area (Å²) >= 11 is 0. The van der Waals surface area contributed by atoms with Gasteiger partial charge in [0.1, 0.15) is 0 Å². The summed E-state index contributed by atoms with van der Waals surface area (Å²) in [5, 5.41) is 3.25. The smallest absolute Gasteiger partial charge is 0.234 e. The summed E-state index contributed by atoms with van der Waals surface area (Å²) < 4.78 is 0. The summed E-state index contributed by atoms with van der Waals surface area (Å²) in [4.78, 5) is 11.0. The van der Waals surface area contributed by atoms with E-state index >= 15 is 0 Å². The van der Waals surface area contributed by atoms with Crippen LogP contribution in [-0.2, 0) is 11.2 Å². The third-order valence-electron chi connectivity index (χ3n) is 3.08. The average Bonchev–Trinajstić information content (AvgIpc) is 2.35. The number of rotatable bonds is 6. The molecule has 3 heteroatoms. The van der Waals surface area contributed by atoms with Crippen molar-refractivity contribution in [1.29, 1.82) is 0 Å². The lowest BCUT2D eigenvalue weighted by Gasteiger charge is -2.21. The molecule has 1 amide bonds. The third kappa shape index (κ3) is 3.86. The van der Waals surface area contributed by atoms with Crippen molar-refractivity contribution in [2.75, 3.05) is 0 Å². The maximum Gasteiger partial charge on any atom is 0.234 e. The Balaban J connectivity index is 2.75. The first kappa shape index (κ1) is 13.7. The first-order chi connectivity index (χ1) is 8.08. The Morgan fingerprint density at radius 2 is 1.88 bits per heavy atom. The molecule has 1 rings (SSSR count). The topological polar surface area (TPSA) is 55.1 Å². The number of hydrogen-bond donors (Lipinski definition) is 2. The average molecular weight is 234 g/mol. The number of aryl methyl sites for hydroxylation is 1. The van der Waals surface area contributed by atoms with Gasteiger partial charge in [0, 0.05) is 6.04 Å². The second-order valence-corrected chi connectivity index (χ2v) is 4.35. The maximum absolute atomic E-state index is 11.0. The number of primary amides is 1. The number of hydrogen-bond acceptors (Lipinski definition) is 2. The highest BCUT2D eigenvalue weighted by Gasteiger charge is 2.15. The van der Waals surface area contributed by atoms with Crippen molar-refractivity contribution in [3.05, 3.63) is 35.4 Å². The molecular weight excluding hydrogens is 212 g/mol. The van der Waals surface area contributed by atoms with E-state index in [4.69, 9.17) is 5.73 Å². The van der Waals surface area contributed by atoms with Crippen LogP contribution in [0, 0.1) is 0 Å². The van der Waals surface area contributed by atoms with Crippen LogP contribution in [0.15, 0.2) is 24.3 Å². The van der Waals surface area contributed by atoms with Gasteiger partial charge in [0.2, 0.25) is 5.91 Å². The van der Waals surface area contributed by atoms with Gasteiger partial charge in [-0.3, -0.25) is 10.1 Å². The van der Waals surface area contributed by atoms with Crippen LogP contribution in [0.25, 0.3) is 0 Å². The van der Waals surface area contributed by atoms with Crippen LogP contribution >= 0.6 is 0 Å². The lowest BCUT2D eigenvalue weighted by atomic mass is 10.0. The van der Waals surface area contributed by atoms with E-state index < -0.39 is 0 Å². The Bertz CT molecular complexity index is 359. The normalized spacial score (nSPS) is 14.3. The number of carbonyl (C=O) groups excluding carboxylic acids is 1. The molecule has 0 saturated heterocycles. The fourth-order valence-corrected chi connectivity index (χ4v) is 1.82. The molecule has 0 aliphatic heterocycles. The molecular formula is C14H22N2O. The van der Waals surface area contributed by atoms with Crippen LogP contribution in [0.4, 0.5) is 0 Å². The van der Waals surface area contributed by atoms with E-state index in [0.29, 0.717) is 0 Å². The summed E-state index contributed by atoms with van der Waals surface area (Å²) in [6.07, 6.45) is 1.98. The fraction of sp³-hybridized carbons (Fsp3) is 0.500. The zero-order valence-electron chi connectivity index (χ0n) is 10.9. The van der Waals surface area contributed by atoms with E-state index in [1.165, 1.54) is 11.1 Å². The van der Waals surface area contributed by atoms with Gasteiger partial charge >= 0.3 is 0 Å². The molecule has 3 N–H and O–H groups in total. The SMILES string of the molecule is CCc1ccc(C(CC)NC(C)C(N)=O)cc1. The Kier molecular flexibility index (Phi) is 5.16. The first-order valence-corrected chi connectivity index (χ1v) is 6.22. The van der Waals surface area contributed by atoms with Crippen LogP contribution in [0.1, 0.15) is 44.4 Å². The minimum atomic E-state index is -0.311. The molecule has 94 valence electrons. The highest BCUT2D eigenvalue weighted by Crippen LogP contribution is 2.18. The van der Waals surface area contributed by atoms with Gasteiger partial charge in [0.25, 0.3) is 0 Å². The Labute approximate surface area is 103 Å². The lowest BCUT2D eigenvalue weighted by molar-refractivity contribution is -0.119. The lowest BCUT2D eigenvalue weighted by Crippen LogP contribution is -2.40. The molecule has 2 unspecified atom stereocenters. The largest absolute Gasteiger partial charge is 0.368 e. The molecule has 0 fully saturated rings. The summed E-state index contributed by atoms with van der Waals surface area (Å²) in [5.41, 5.74) is 7.79. The van der Waals surface area contributed by atoms with E-state index in [2.05, 4.69) is 43.4 Å². The van der Waals surface area contributed by atoms with Gasteiger partial charge in [0.15, 0.2) is 0 Å². The maximum atomic E-state index is 11.0. The highest BCUT2D eigenvalue weighted by atomic mass is 16.1. The van der Waals surface area contributed by atoms with Crippen LogP contribution in [-0.4, -0.2) is 11.9 Å². The van der Waals surface area contributed by atoms with E-state index in [-0.39, 0.29) is 18.0 Å². The standard InChI is InChI=1S/C14H22N2O/c1-4-11-6-8-12(9-7-11)13(5-2)16-10(3)14(15)17/h6-10,13,16H,4-5H2,1-3H3,(H2,15,17). The Hall–Kier alpha value is -1.35. The monoisotopic (exact) mass is 234 g/mol. The van der Waals surface area contributed by atoms with Gasteiger partial charge < -0.3 is 5.73 Å². The fourth-order valence-electron chi connectivity index (χ4n) is 1.82. The predicted octanol–water partition coefficient (Wildman–Crippen LogP) is 2.16. The third-order valence-corrected chi connectivity index (χ3v) is 3.08. The molecule has 17 heavy (non-hydrogen) atoms. The molecule has 0 saturated carbocycles. The molecule has 0 radical (unpaired) electrons. The number of carbonyl (C=O) groups is 1. The van der Waals surface area contributed by atoms with E-state index in [1.807, 2.05) is 0 Å². The van der Waals surface area contributed by atoms with E-state index in [9.17, 15) is 4.79 Å². The predicted molar refractivity (Wildman–Crippen MR) is 70.6 cm³/mol. The van der Waals surface area contributed by atoms with Gasteiger partial charge in [-0.1, -0.05) is 38.1 Å². The second-order valence-electron chi connectivity index (χ2n) is 4.35. The Morgan fingerprint density at radius 1 is 1.29 bits per heavy atom. The summed E-state index contributed by atoms with van der Waals surface area (Å²) in [7, 11) is 0. The minimum Gasteiger partial charge on any atom is -0.368 e. The van der Waals surface area contributed by atoms with Gasteiger partial charge in [-0.25, -0.2) is 0 Å². The van der Waals surface area contributed by atoms with Gasteiger partial charge in [0.05, 0.1) is 6.04 Å². The molecule has 1 aromatic rings. The van der Waals surface area contributed by atoms with Crippen LogP contribution in [0.2, 0.25) is 0 Å². The Morgan fingerprint density at radius 3 is 2.29 bits per heavy atom. The molecule has 3 nitrogen and oxygen atoms in total. The molecule has 0 spiro atoms. The second kappa shape index (κ2) is 6.40. The van der Waals surface area contributed by atoms with Crippen molar-refractivity contribution in [3.8, 4) is 0 Å². The van der Waals surface area contributed by atoms with Gasteiger partial charge in [-0.05, 0) is 30.9 Å². The zero-order chi connectivity index (χ0) is 12.8. The van der Waals surface area contributed by atoms with Crippen molar-refractivity contribution in [2.24, 2.45) is 5.73 Å². The first-order valence-electron chi connectivity index (χ1n) is 6.22. The molecule has 0 aliphatic rings. The van der Waals surface area contributed by atoms with Gasteiger partial charge in [-0.2, -0.15) is 0 Å². The van der Waals surface area contributed by atoms with E-state index in [0.717, 1.165) is 12.8 Å². The van der Waals surface area contributed by atoms with Crippen molar-refractivity contribution in [2.45, 2.75) is 45.7 Å². The summed E-state index contributed by atoms with van der Waals surface area (Å²) in [5.74, 6) is -0.311. The molecule has 0 aromatic heterocycles. The zero-order valence-corrected chi connectivity index (χ0v) is 10.9. The van der Waals surface area contributed by atoms with Crippen LogP contribution in [0.5, 0.6) is 0 Å². The van der Waals surface area contributed by atoms with Crippen molar-refractivity contribution in [3.63, 3.8) is 0 Å². The summed E-state index contributed by atoms with van der Waals surface area (Å²) in [6, 6.07) is 8.39. The molecule has 0 bridgehead atoms. The van der Waals surface area contributed by atoms with Crippen LogP contribution in [0.3, 0.4) is 0 Å². The number of benzene rings is 1. The molecule has 1 aromatic carbocycles. The van der Waals surface area contributed by atoms with Crippen molar-refractivity contribution in [1.82, 2.24) is 5.32 Å². The highest BCUT2D eigenvalue weighted by molar-refractivity contribution is 5.79. The summed E-state index contributed by atoms with van der Waals surface area (Å²) in [6.45, 7) is 6.03. The van der Waals surface area contributed by atoms with Crippen LogP contribution < -0.4 is 11.1 Å². The quantitative estimate of drug-likeness (QED) is 0.792. The number of nitrogens with one attached hydrogen (secondary N) is 1. The molecule has 0 aliphatic carbocycles. The molecule has 2 atom stereocenters. The number of nitrogens with two attached hydrogens (primary N) is 1. The van der Waals surface area contributed by atoms with E-state index in [1.54, 1.807) is 6.92 Å². The van der Waals surface area contributed by atoms with Gasteiger partial charge in [-0.15, -0.1) is 0 Å².